The van der Waals surface area contributed by atoms with Crippen molar-refractivity contribution in [1.82, 2.24) is 4.98 Å². The SMILES string of the molecule is O=Cc1nc2cc(F)cc(F)c2o1. The minimum Gasteiger partial charge on any atom is -0.431 e. The van der Waals surface area contributed by atoms with Gasteiger partial charge in [0.15, 0.2) is 11.4 Å². The lowest BCUT2D eigenvalue weighted by Crippen LogP contribution is -1.79. The van der Waals surface area contributed by atoms with Crippen LogP contribution in [-0.2, 0) is 0 Å². The van der Waals surface area contributed by atoms with E-state index in [-0.39, 0.29) is 17.0 Å². The third-order valence-corrected chi connectivity index (χ3v) is 1.53. The van der Waals surface area contributed by atoms with Gasteiger partial charge >= 0.3 is 0 Å². The molecular weight excluding hydrogens is 180 g/mol. The Morgan fingerprint density at radius 3 is 2.85 bits per heavy atom. The highest BCUT2D eigenvalue weighted by Gasteiger charge is 2.11. The first-order chi connectivity index (χ1) is 6.20. The molecule has 0 aliphatic rings. The van der Waals surface area contributed by atoms with Crippen molar-refractivity contribution in [2.75, 3.05) is 0 Å². The molecule has 5 heteroatoms. The number of fused-ring (bicyclic) bond motifs is 1. The van der Waals surface area contributed by atoms with Crippen molar-refractivity contribution in [2.24, 2.45) is 0 Å². The molecule has 0 radical (unpaired) electrons. The molecule has 1 aromatic carbocycles. The molecule has 0 amide bonds. The summed E-state index contributed by atoms with van der Waals surface area (Å²) in [6.07, 6.45) is 0.331. The second kappa shape index (κ2) is 2.62. The molecule has 0 saturated carbocycles. The number of hydrogen-bond acceptors (Lipinski definition) is 3. The lowest BCUT2D eigenvalue weighted by Gasteiger charge is -1.88. The fourth-order valence-electron chi connectivity index (χ4n) is 1.03. The summed E-state index contributed by atoms with van der Waals surface area (Å²) in [5, 5.41) is 0. The monoisotopic (exact) mass is 183 g/mol. The minimum atomic E-state index is -0.865. The average molecular weight is 183 g/mol. The van der Waals surface area contributed by atoms with Gasteiger partial charge in [0.05, 0.1) is 0 Å². The highest BCUT2D eigenvalue weighted by molar-refractivity contribution is 5.79. The van der Waals surface area contributed by atoms with Crippen molar-refractivity contribution in [3.63, 3.8) is 0 Å². The molecule has 0 unspecified atom stereocenters. The normalized spacial score (nSPS) is 10.6. The lowest BCUT2D eigenvalue weighted by molar-refractivity contribution is 0.109. The number of hydrogen-bond donors (Lipinski definition) is 0. The van der Waals surface area contributed by atoms with Crippen LogP contribution in [0.25, 0.3) is 11.1 Å². The van der Waals surface area contributed by atoms with Crippen LogP contribution in [0, 0.1) is 11.6 Å². The summed E-state index contributed by atoms with van der Waals surface area (Å²) in [6, 6.07) is 1.66. The summed E-state index contributed by atoms with van der Waals surface area (Å²) in [6.45, 7) is 0. The maximum atomic E-state index is 12.9. The van der Waals surface area contributed by atoms with E-state index in [1.54, 1.807) is 0 Å². The topological polar surface area (TPSA) is 43.1 Å². The van der Waals surface area contributed by atoms with E-state index in [1.165, 1.54) is 0 Å². The molecule has 1 aromatic heterocycles. The Bertz CT molecular complexity index is 478. The zero-order chi connectivity index (χ0) is 9.42. The van der Waals surface area contributed by atoms with Crippen LogP contribution in [0.3, 0.4) is 0 Å². The van der Waals surface area contributed by atoms with Crippen molar-refractivity contribution in [1.29, 1.82) is 0 Å². The number of carbonyl (C=O) groups excluding carboxylic acids is 1. The van der Waals surface area contributed by atoms with E-state index in [0.717, 1.165) is 6.07 Å². The zero-order valence-corrected chi connectivity index (χ0v) is 6.25. The van der Waals surface area contributed by atoms with Crippen LogP contribution >= 0.6 is 0 Å². The molecule has 3 nitrogen and oxygen atoms in total. The standard InChI is InChI=1S/C8H3F2NO2/c9-4-1-5(10)8-6(2-4)11-7(3-12)13-8/h1-3H. The highest BCUT2D eigenvalue weighted by Crippen LogP contribution is 2.19. The first kappa shape index (κ1) is 7.85. The summed E-state index contributed by atoms with van der Waals surface area (Å²) >= 11 is 0. The van der Waals surface area contributed by atoms with E-state index < -0.39 is 11.6 Å². The molecule has 2 rings (SSSR count). The van der Waals surface area contributed by atoms with Crippen molar-refractivity contribution in [2.45, 2.75) is 0 Å². The van der Waals surface area contributed by atoms with Gasteiger partial charge in [-0.2, -0.15) is 0 Å². The van der Waals surface area contributed by atoms with Crippen molar-refractivity contribution in [3.05, 3.63) is 29.7 Å². The minimum absolute atomic E-state index is 0.000370. The quantitative estimate of drug-likeness (QED) is 0.634. The van der Waals surface area contributed by atoms with Crippen LogP contribution in [0.2, 0.25) is 0 Å². The fourth-order valence-corrected chi connectivity index (χ4v) is 1.03. The fraction of sp³-hybridized carbons (Fsp3) is 0. The Balaban J connectivity index is 2.82. The largest absolute Gasteiger partial charge is 0.431 e. The van der Waals surface area contributed by atoms with Crippen LogP contribution in [-0.4, -0.2) is 11.3 Å². The van der Waals surface area contributed by atoms with E-state index >= 15 is 0 Å². The van der Waals surface area contributed by atoms with E-state index in [2.05, 4.69) is 9.40 Å². The smallest absolute Gasteiger partial charge is 0.260 e. The van der Waals surface area contributed by atoms with Crippen molar-refractivity contribution >= 4 is 17.4 Å². The first-order valence-corrected chi connectivity index (χ1v) is 3.41. The molecule has 0 fully saturated rings. The summed E-state index contributed by atoms with van der Waals surface area (Å²) in [5.74, 6) is -1.88. The molecule has 13 heavy (non-hydrogen) atoms. The van der Waals surface area contributed by atoms with Gasteiger partial charge in [0.25, 0.3) is 5.89 Å². The van der Waals surface area contributed by atoms with Crippen LogP contribution in [0.15, 0.2) is 16.5 Å². The highest BCUT2D eigenvalue weighted by atomic mass is 19.1. The van der Waals surface area contributed by atoms with Gasteiger partial charge in [-0.05, 0) is 0 Å². The molecule has 1 heterocycles. The summed E-state index contributed by atoms with van der Waals surface area (Å²) in [4.78, 5) is 13.7. The average Bonchev–Trinajstić information content (AvgIpc) is 2.47. The maximum absolute atomic E-state index is 12.9. The number of aromatic nitrogens is 1. The Morgan fingerprint density at radius 1 is 1.38 bits per heavy atom. The summed E-state index contributed by atoms with van der Waals surface area (Å²) < 4.78 is 30.2. The number of rotatable bonds is 1. The molecule has 0 atom stereocenters. The first-order valence-electron chi connectivity index (χ1n) is 3.41. The number of aldehydes is 1. The third kappa shape index (κ3) is 1.18. The van der Waals surface area contributed by atoms with E-state index in [9.17, 15) is 13.6 Å². The molecule has 0 aliphatic heterocycles. The van der Waals surface area contributed by atoms with Gasteiger partial charge in [-0.25, -0.2) is 13.8 Å². The van der Waals surface area contributed by atoms with Crippen LogP contribution in [0.1, 0.15) is 10.7 Å². The number of carbonyl (C=O) groups is 1. The van der Waals surface area contributed by atoms with Gasteiger partial charge in [-0.1, -0.05) is 0 Å². The lowest BCUT2D eigenvalue weighted by atomic mass is 10.3. The number of nitrogens with zero attached hydrogens (tertiary/aromatic N) is 1. The summed E-state index contributed by atoms with van der Waals surface area (Å²) in [7, 11) is 0. The van der Waals surface area contributed by atoms with Gasteiger partial charge in [0.1, 0.15) is 11.3 Å². The molecule has 2 aromatic rings. The number of benzene rings is 1. The Hall–Kier alpha value is -1.78. The Labute approximate surface area is 71.0 Å². The van der Waals surface area contributed by atoms with Gasteiger partial charge in [-0.15, -0.1) is 0 Å². The van der Waals surface area contributed by atoms with Gasteiger partial charge in [-0.3, -0.25) is 4.79 Å². The zero-order valence-electron chi connectivity index (χ0n) is 6.25. The van der Waals surface area contributed by atoms with E-state index in [0.29, 0.717) is 12.4 Å². The molecule has 0 N–H and O–H groups in total. The maximum Gasteiger partial charge on any atom is 0.260 e. The van der Waals surface area contributed by atoms with Crippen molar-refractivity contribution in [3.8, 4) is 0 Å². The molecular formula is C8H3F2NO2. The molecule has 0 spiro atoms. The van der Waals surface area contributed by atoms with Gasteiger partial charge < -0.3 is 4.42 Å². The number of halogens is 2. The van der Waals surface area contributed by atoms with Crippen molar-refractivity contribution < 1.29 is 18.0 Å². The van der Waals surface area contributed by atoms with Gasteiger partial charge in [0, 0.05) is 12.1 Å². The molecule has 0 saturated heterocycles. The van der Waals surface area contributed by atoms with E-state index in [1.807, 2.05) is 0 Å². The third-order valence-electron chi connectivity index (χ3n) is 1.53. The predicted molar refractivity (Wildman–Crippen MR) is 39.3 cm³/mol. The van der Waals surface area contributed by atoms with E-state index in [4.69, 9.17) is 0 Å². The second-order valence-electron chi connectivity index (χ2n) is 2.41. The van der Waals surface area contributed by atoms with Crippen LogP contribution in [0.5, 0.6) is 0 Å². The predicted octanol–water partition coefficient (Wildman–Crippen LogP) is 1.92. The molecule has 0 aliphatic carbocycles. The summed E-state index contributed by atoms with van der Waals surface area (Å²) in [5.41, 5.74) is -0.205. The molecule has 66 valence electrons. The van der Waals surface area contributed by atoms with Crippen LogP contribution in [0.4, 0.5) is 8.78 Å². The second-order valence-corrected chi connectivity index (χ2v) is 2.41. The van der Waals surface area contributed by atoms with Crippen LogP contribution < -0.4 is 0 Å². The number of oxazole rings is 1. The Morgan fingerprint density at radius 2 is 2.15 bits per heavy atom. The molecule has 0 bridgehead atoms. The Kier molecular flexibility index (Phi) is 1.58. The van der Waals surface area contributed by atoms with Gasteiger partial charge in [0.2, 0.25) is 6.29 Å².